The van der Waals surface area contributed by atoms with E-state index in [-0.39, 0.29) is 5.78 Å². The first-order valence-electron chi connectivity index (χ1n) is 7.64. The molecule has 0 amide bonds. The lowest BCUT2D eigenvalue weighted by Gasteiger charge is -2.39. The van der Waals surface area contributed by atoms with Crippen molar-refractivity contribution >= 4 is 5.78 Å². The zero-order valence-corrected chi connectivity index (χ0v) is 11.3. The second-order valence-corrected chi connectivity index (χ2v) is 6.70. The van der Waals surface area contributed by atoms with E-state index in [1.54, 1.807) is 0 Å². The van der Waals surface area contributed by atoms with Crippen molar-refractivity contribution in [1.29, 1.82) is 0 Å². The van der Waals surface area contributed by atoms with Crippen molar-refractivity contribution in [2.75, 3.05) is 13.1 Å². The molecule has 2 heterocycles. The van der Waals surface area contributed by atoms with Crippen LogP contribution in [0.2, 0.25) is 0 Å². The number of allylic oxidation sites excluding steroid dienone is 1. The minimum atomic E-state index is 0.204. The van der Waals surface area contributed by atoms with Crippen LogP contribution in [0, 0.1) is 17.8 Å². The molecular weight excluding hydrogens is 222 g/mol. The number of hydrogen-bond donors (Lipinski definition) is 0. The summed E-state index contributed by atoms with van der Waals surface area (Å²) in [6.07, 6.45) is 10.5. The molecule has 0 radical (unpaired) electrons. The first-order valence-corrected chi connectivity index (χ1v) is 7.64. The molecule has 0 aromatic carbocycles. The van der Waals surface area contributed by atoms with Crippen LogP contribution in [-0.2, 0) is 4.79 Å². The molecule has 2 saturated heterocycles. The van der Waals surface area contributed by atoms with Crippen LogP contribution in [0.4, 0.5) is 0 Å². The van der Waals surface area contributed by atoms with Crippen molar-refractivity contribution in [3.8, 4) is 0 Å². The van der Waals surface area contributed by atoms with Gasteiger partial charge in [-0.2, -0.15) is 0 Å². The average molecular weight is 247 g/mol. The zero-order chi connectivity index (χ0) is 12.5. The molecule has 4 fully saturated rings. The van der Waals surface area contributed by atoms with E-state index in [1.807, 2.05) is 0 Å². The highest BCUT2D eigenvalue weighted by atomic mass is 16.1. The third kappa shape index (κ3) is 2.54. The van der Waals surface area contributed by atoms with Crippen molar-refractivity contribution in [3.05, 3.63) is 12.7 Å². The maximum Gasteiger partial charge on any atom is 0.155 e. The normalized spacial score (nSPS) is 38.7. The largest absolute Gasteiger partial charge is 0.300 e. The molecule has 2 unspecified atom stereocenters. The van der Waals surface area contributed by atoms with E-state index in [1.165, 1.54) is 44.7 Å². The molecule has 2 atom stereocenters. The third-order valence-corrected chi connectivity index (χ3v) is 5.32. The first kappa shape index (κ1) is 12.4. The monoisotopic (exact) mass is 247 g/mol. The Kier molecular flexibility index (Phi) is 3.56. The summed E-state index contributed by atoms with van der Waals surface area (Å²) in [6.45, 7) is 5.98. The van der Waals surface area contributed by atoms with Gasteiger partial charge in [-0.25, -0.2) is 0 Å². The van der Waals surface area contributed by atoms with Gasteiger partial charge in [0.1, 0.15) is 0 Å². The van der Waals surface area contributed by atoms with Gasteiger partial charge in [0.25, 0.3) is 0 Å². The topological polar surface area (TPSA) is 20.3 Å². The van der Waals surface area contributed by atoms with Gasteiger partial charge in [-0.15, -0.1) is 0 Å². The summed E-state index contributed by atoms with van der Waals surface area (Å²) in [5, 5.41) is 0. The smallest absolute Gasteiger partial charge is 0.155 e. The maximum absolute atomic E-state index is 11.3. The summed E-state index contributed by atoms with van der Waals surface area (Å²) in [7, 11) is 0. The molecule has 4 bridgehead atoms. The molecule has 2 saturated carbocycles. The third-order valence-electron chi connectivity index (χ3n) is 5.32. The second kappa shape index (κ2) is 5.16. The number of nitrogens with zero attached hydrogens (tertiary/aromatic N) is 1. The van der Waals surface area contributed by atoms with Crippen LogP contribution in [0.3, 0.4) is 0 Å². The van der Waals surface area contributed by atoms with E-state index in [2.05, 4.69) is 11.5 Å². The Labute approximate surface area is 110 Å². The number of carbonyl (C=O) groups is 1. The van der Waals surface area contributed by atoms with Crippen molar-refractivity contribution < 1.29 is 4.79 Å². The molecule has 0 spiro atoms. The van der Waals surface area contributed by atoms with E-state index in [4.69, 9.17) is 0 Å². The van der Waals surface area contributed by atoms with Gasteiger partial charge in [0, 0.05) is 19.0 Å². The highest BCUT2D eigenvalue weighted by molar-refractivity contribution is 5.88. The van der Waals surface area contributed by atoms with Gasteiger partial charge >= 0.3 is 0 Å². The van der Waals surface area contributed by atoms with Crippen LogP contribution in [0.5, 0.6) is 0 Å². The summed E-state index contributed by atoms with van der Waals surface area (Å²) < 4.78 is 0. The number of rotatable bonds is 5. The van der Waals surface area contributed by atoms with Crippen molar-refractivity contribution in [3.63, 3.8) is 0 Å². The first-order chi connectivity index (χ1) is 8.74. The van der Waals surface area contributed by atoms with Gasteiger partial charge in [-0.3, -0.25) is 4.79 Å². The molecule has 4 rings (SSSR count). The highest BCUT2D eigenvalue weighted by Crippen LogP contribution is 2.47. The molecule has 2 aliphatic carbocycles. The predicted octanol–water partition coefficient (Wildman–Crippen LogP) is 3.03. The standard InChI is InChI=1S/C16H25NO/c1-2-16(18)4-3-5-17-11-14-7-12-6-13(8-14)10-15(17)9-12/h2,12-15H,1,3-11H2. The molecule has 0 N–H and O–H groups in total. The van der Waals surface area contributed by atoms with Crippen LogP contribution in [0.1, 0.15) is 44.9 Å². The fraction of sp³-hybridized carbons (Fsp3) is 0.812. The van der Waals surface area contributed by atoms with Crippen LogP contribution in [-0.4, -0.2) is 29.8 Å². The summed E-state index contributed by atoms with van der Waals surface area (Å²) >= 11 is 0. The fourth-order valence-electron chi connectivity index (χ4n) is 4.71. The minimum absolute atomic E-state index is 0.204. The SMILES string of the molecule is C=CC(=O)CCCN1CC2CC3CC(C2)CC1C3. The molecule has 2 heteroatoms. The fourth-order valence-corrected chi connectivity index (χ4v) is 4.71. The molecular formula is C16H25NO. The molecule has 0 aromatic heterocycles. The Balaban J connectivity index is 1.56. The van der Waals surface area contributed by atoms with E-state index in [0.717, 1.165) is 36.8 Å². The molecule has 2 aliphatic heterocycles. The van der Waals surface area contributed by atoms with Gasteiger partial charge < -0.3 is 4.90 Å². The summed E-state index contributed by atoms with van der Waals surface area (Å²) in [4.78, 5) is 14.0. The van der Waals surface area contributed by atoms with Gasteiger partial charge in [0.15, 0.2) is 5.78 Å². The second-order valence-electron chi connectivity index (χ2n) is 6.70. The molecule has 18 heavy (non-hydrogen) atoms. The summed E-state index contributed by atoms with van der Waals surface area (Å²) in [6, 6.07) is 0.833. The van der Waals surface area contributed by atoms with Gasteiger partial charge in [0.2, 0.25) is 0 Å². The number of ketones is 1. The number of hydrogen-bond acceptors (Lipinski definition) is 2. The summed E-state index contributed by atoms with van der Waals surface area (Å²) in [5.74, 6) is 3.20. The lowest BCUT2D eigenvalue weighted by Crippen LogP contribution is -2.38. The molecule has 0 aromatic rings. The maximum atomic E-state index is 11.3. The Bertz CT molecular complexity index is 324. The minimum Gasteiger partial charge on any atom is -0.300 e. The quantitative estimate of drug-likeness (QED) is 0.696. The summed E-state index contributed by atoms with van der Waals surface area (Å²) in [5.41, 5.74) is 0. The van der Waals surface area contributed by atoms with Crippen molar-refractivity contribution in [2.45, 2.75) is 51.0 Å². The lowest BCUT2D eigenvalue weighted by atomic mass is 9.68. The van der Waals surface area contributed by atoms with Crippen LogP contribution >= 0.6 is 0 Å². The number of carbonyl (C=O) groups excluding carboxylic acids is 1. The zero-order valence-electron chi connectivity index (χ0n) is 11.3. The number of fused-ring (bicyclic) bond motifs is 1. The molecule has 2 nitrogen and oxygen atoms in total. The lowest BCUT2D eigenvalue weighted by molar-refractivity contribution is -0.114. The van der Waals surface area contributed by atoms with Crippen molar-refractivity contribution in [2.24, 2.45) is 17.8 Å². The average Bonchev–Trinajstić information content (AvgIpc) is 2.53. The van der Waals surface area contributed by atoms with E-state index >= 15 is 0 Å². The molecule has 4 aliphatic rings. The van der Waals surface area contributed by atoms with E-state index < -0.39 is 0 Å². The van der Waals surface area contributed by atoms with Crippen molar-refractivity contribution in [1.82, 2.24) is 4.90 Å². The Morgan fingerprint density at radius 3 is 2.44 bits per heavy atom. The van der Waals surface area contributed by atoms with E-state index in [9.17, 15) is 4.79 Å². The predicted molar refractivity (Wildman–Crippen MR) is 73.4 cm³/mol. The Morgan fingerprint density at radius 1 is 1.11 bits per heavy atom. The molecule has 100 valence electrons. The van der Waals surface area contributed by atoms with Crippen LogP contribution in [0.15, 0.2) is 12.7 Å². The van der Waals surface area contributed by atoms with E-state index in [0.29, 0.717) is 6.42 Å². The van der Waals surface area contributed by atoms with Gasteiger partial charge in [0.05, 0.1) is 0 Å². The van der Waals surface area contributed by atoms with Gasteiger partial charge in [-0.1, -0.05) is 6.58 Å². The Morgan fingerprint density at radius 2 is 1.78 bits per heavy atom. The van der Waals surface area contributed by atoms with Gasteiger partial charge in [-0.05, 0) is 68.9 Å². The highest BCUT2D eigenvalue weighted by Gasteiger charge is 2.42. The van der Waals surface area contributed by atoms with Crippen LogP contribution in [0.25, 0.3) is 0 Å². The van der Waals surface area contributed by atoms with Crippen LogP contribution < -0.4 is 0 Å². The Hall–Kier alpha value is -0.630.